The molecule has 0 spiro atoms. The summed E-state index contributed by atoms with van der Waals surface area (Å²) in [6.07, 6.45) is -4.45. The van der Waals surface area contributed by atoms with E-state index in [1.807, 2.05) is 0 Å². The van der Waals surface area contributed by atoms with E-state index in [1.165, 1.54) is 18.2 Å². The van der Waals surface area contributed by atoms with E-state index in [0.717, 1.165) is 24.3 Å². The molecule has 0 saturated carbocycles. The summed E-state index contributed by atoms with van der Waals surface area (Å²) < 4.78 is 48.1. The lowest BCUT2D eigenvalue weighted by atomic mass is 10.0. The molecule has 0 N–H and O–H groups in total. The Bertz CT molecular complexity index is 886. The van der Waals surface area contributed by atoms with E-state index in [4.69, 9.17) is 9.47 Å². The van der Waals surface area contributed by atoms with Gasteiger partial charge >= 0.3 is 18.1 Å². The molecular formula is C20H17F3O5. The maximum absolute atomic E-state index is 12.7. The third-order valence-electron chi connectivity index (χ3n) is 3.77. The van der Waals surface area contributed by atoms with E-state index in [9.17, 15) is 27.6 Å². The fourth-order valence-corrected chi connectivity index (χ4v) is 2.37. The van der Waals surface area contributed by atoms with Crippen LogP contribution in [-0.4, -0.2) is 24.3 Å². The Morgan fingerprint density at radius 2 is 1.50 bits per heavy atom. The summed E-state index contributed by atoms with van der Waals surface area (Å²) in [5, 5.41) is 0. The molecule has 0 atom stereocenters. The fourth-order valence-electron chi connectivity index (χ4n) is 2.37. The van der Waals surface area contributed by atoms with Gasteiger partial charge in [0, 0.05) is 6.42 Å². The first-order chi connectivity index (χ1) is 13.2. The van der Waals surface area contributed by atoms with Crippen LogP contribution in [0.15, 0.2) is 42.5 Å². The number of carbonyl (C=O) groups excluding carboxylic acids is 3. The number of carbonyl (C=O) groups is 3. The van der Waals surface area contributed by atoms with Gasteiger partial charge in [-0.2, -0.15) is 13.2 Å². The van der Waals surface area contributed by atoms with E-state index in [1.54, 1.807) is 13.8 Å². The lowest BCUT2D eigenvalue weighted by Crippen LogP contribution is -2.16. The highest BCUT2D eigenvalue weighted by Crippen LogP contribution is 2.30. The van der Waals surface area contributed by atoms with E-state index >= 15 is 0 Å². The zero-order chi connectivity index (χ0) is 20.9. The average Bonchev–Trinajstić information content (AvgIpc) is 2.67. The van der Waals surface area contributed by atoms with Crippen LogP contribution in [0.1, 0.15) is 56.9 Å². The minimum Gasteiger partial charge on any atom is -0.462 e. The zero-order valence-corrected chi connectivity index (χ0v) is 15.1. The van der Waals surface area contributed by atoms with Gasteiger partial charge in [-0.05, 0) is 43.3 Å². The van der Waals surface area contributed by atoms with Crippen molar-refractivity contribution in [1.29, 1.82) is 0 Å². The Kier molecular flexibility index (Phi) is 6.56. The number of ether oxygens (including phenoxy) is 2. The summed E-state index contributed by atoms with van der Waals surface area (Å²) in [6.45, 7) is 3.25. The molecular weight excluding hydrogens is 377 g/mol. The van der Waals surface area contributed by atoms with Crippen LogP contribution in [0.25, 0.3) is 0 Å². The molecule has 0 bridgehead atoms. The van der Waals surface area contributed by atoms with Crippen LogP contribution in [0.5, 0.6) is 5.75 Å². The number of alkyl halides is 3. The molecule has 0 radical (unpaired) electrons. The number of hydrogen-bond donors (Lipinski definition) is 0. The predicted octanol–water partition coefficient (Wildman–Crippen LogP) is 4.69. The van der Waals surface area contributed by atoms with E-state index < -0.39 is 23.7 Å². The Balaban J connectivity index is 2.41. The van der Waals surface area contributed by atoms with Crippen molar-refractivity contribution in [2.75, 3.05) is 6.61 Å². The molecule has 0 amide bonds. The molecule has 0 aliphatic rings. The van der Waals surface area contributed by atoms with Crippen molar-refractivity contribution in [2.45, 2.75) is 26.4 Å². The summed E-state index contributed by atoms with van der Waals surface area (Å²) in [6, 6.07) is 7.57. The van der Waals surface area contributed by atoms with Crippen LogP contribution in [0.4, 0.5) is 13.2 Å². The van der Waals surface area contributed by atoms with Crippen molar-refractivity contribution in [3.8, 4) is 5.75 Å². The number of rotatable bonds is 6. The van der Waals surface area contributed by atoms with Crippen molar-refractivity contribution >= 4 is 17.7 Å². The highest BCUT2D eigenvalue weighted by atomic mass is 19.4. The lowest BCUT2D eigenvalue weighted by molar-refractivity contribution is -0.137. The molecule has 0 aromatic heterocycles. The van der Waals surface area contributed by atoms with Crippen molar-refractivity contribution in [3.63, 3.8) is 0 Å². The SMILES string of the molecule is CCOC(=O)c1cccc(C(=O)CC)c1OC(=O)c1ccc(C(F)(F)F)cc1. The Morgan fingerprint density at radius 1 is 0.893 bits per heavy atom. The van der Waals surface area contributed by atoms with Gasteiger partial charge in [-0.15, -0.1) is 0 Å². The van der Waals surface area contributed by atoms with Crippen LogP contribution in [0.3, 0.4) is 0 Å². The third kappa shape index (κ3) is 4.76. The third-order valence-corrected chi connectivity index (χ3v) is 3.77. The van der Waals surface area contributed by atoms with Gasteiger partial charge < -0.3 is 9.47 Å². The summed E-state index contributed by atoms with van der Waals surface area (Å²) >= 11 is 0. The molecule has 2 aromatic rings. The topological polar surface area (TPSA) is 69.7 Å². The molecule has 8 heteroatoms. The molecule has 28 heavy (non-hydrogen) atoms. The quantitative estimate of drug-likeness (QED) is 0.404. The smallest absolute Gasteiger partial charge is 0.416 e. The van der Waals surface area contributed by atoms with Crippen LogP contribution in [0.2, 0.25) is 0 Å². The summed E-state index contributed by atoms with van der Waals surface area (Å²) in [5.41, 5.74) is -1.20. The van der Waals surface area contributed by atoms with Gasteiger partial charge in [-0.25, -0.2) is 9.59 Å². The number of ketones is 1. The molecule has 0 saturated heterocycles. The maximum atomic E-state index is 12.7. The second-order valence-electron chi connectivity index (χ2n) is 5.64. The van der Waals surface area contributed by atoms with E-state index in [0.29, 0.717) is 0 Å². The summed E-state index contributed by atoms with van der Waals surface area (Å²) in [7, 11) is 0. The molecule has 0 fully saturated rings. The molecule has 0 aliphatic heterocycles. The Morgan fingerprint density at radius 3 is 2.04 bits per heavy atom. The van der Waals surface area contributed by atoms with E-state index in [2.05, 4.69) is 0 Å². The van der Waals surface area contributed by atoms with Crippen molar-refractivity contribution in [1.82, 2.24) is 0 Å². The Hall–Kier alpha value is -3.16. The minimum atomic E-state index is -4.54. The standard InChI is InChI=1S/C20H17F3O5/c1-3-16(24)14-6-5-7-15(19(26)27-4-2)17(14)28-18(25)12-8-10-13(11-9-12)20(21,22)23/h5-11H,3-4H2,1-2H3. The van der Waals surface area contributed by atoms with Gasteiger partial charge in [0.25, 0.3) is 0 Å². The van der Waals surface area contributed by atoms with Crippen molar-refractivity contribution in [2.24, 2.45) is 0 Å². The summed E-state index contributed by atoms with van der Waals surface area (Å²) in [4.78, 5) is 36.7. The first-order valence-corrected chi connectivity index (χ1v) is 8.41. The Labute approximate surface area is 159 Å². The van der Waals surface area contributed by atoms with Gasteiger partial charge in [0.1, 0.15) is 5.56 Å². The van der Waals surface area contributed by atoms with Crippen molar-refractivity contribution < 1.29 is 37.0 Å². The highest BCUT2D eigenvalue weighted by molar-refractivity contribution is 6.05. The normalized spacial score (nSPS) is 11.0. The zero-order valence-electron chi connectivity index (χ0n) is 15.1. The lowest BCUT2D eigenvalue weighted by Gasteiger charge is -2.13. The molecule has 5 nitrogen and oxygen atoms in total. The van der Waals surface area contributed by atoms with Crippen LogP contribution >= 0.6 is 0 Å². The van der Waals surface area contributed by atoms with E-state index in [-0.39, 0.29) is 41.3 Å². The number of hydrogen-bond acceptors (Lipinski definition) is 5. The minimum absolute atomic E-state index is 0.00770. The largest absolute Gasteiger partial charge is 0.462 e. The maximum Gasteiger partial charge on any atom is 0.416 e. The van der Waals surface area contributed by atoms with Gasteiger partial charge in [0.05, 0.1) is 23.3 Å². The summed E-state index contributed by atoms with van der Waals surface area (Å²) in [5.74, 6) is -2.45. The number of benzene rings is 2. The number of esters is 2. The molecule has 0 aliphatic carbocycles. The van der Waals surface area contributed by atoms with Crippen LogP contribution in [-0.2, 0) is 10.9 Å². The molecule has 148 valence electrons. The monoisotopic (exact) mass is 394 g/mol. The average molecular weight is 394 g/mol. The van der Waals surface area contributed by atoms with Gasteiger partial charge in [0.15, 0.2) is 11.5 Å². The molecule has 0 heterocycles. The highest BCUT2D eigenvalue weighted by Gasteiger charge is 2.30. The number of Topliss-reactive ketones (excluding diaryl/α,β-unsaturated/α-hetero) is 1. The number of para-hydroxylation sites is 1. The number of halogens is 3. The molecule has 2 rings (SSSR count). The second-order valence-corrected chi connectivity index (χ2v) is 5.64. The van der Waals surface area contributed by atoms with Gasteiger partial charge in [-0.1, -0.05) is 13.0 Å². The molecule has 2 aromatic carbocycles. The molecule has 0 unspecified atom stereocenters. The van der Waals surface area contributed by atoms with Crippen molar-refractivity contribution in [3.05, 3.63) is 64.7 Å². The second kappa shape index (κ2) is 8.69. The fraction of sp³-hybridized carbons (Fsp3) is 0.250. The first kappa shape index (κ1) is 21.1. The predicted molar refractivity (Wildman–Crippen MR) is 93.4 cm³/mol. The van der Waals surface area contributed by atoms with Gasteiger partial charge in [-0.3, -0.25) is 4.79 Å². The van der Waals surface area contributed by atoms with Crippen LogP contribution < -0.4 is 4.74 Å². The van der Waals surface area contributed by atoms with Gasteiger partial charge in [0.2, 0.25) is 0 Å². The first-order valence-electron chi connectivity index (χ1n) is 8.41. The van der Waals surface area contributed by atoms with Crippen LogP contribution in [0, 0.1) is 0 Å².